The molecule has 0 aliphatic carbocycles. The number of hydrogen-bond acceptors (Lipinski definition) is 7. The first-order valence-corrected chi connectivity index (χ1v) is 9.46. The normalized spacial score (nSPS) is 10.4. The Morgan fingerprint density at radius 3 is 2.41 bits per heavy atom. The highest BCUT2D eigenvalue weighted by atomic mass is 16.5. The highest BCUT2D eigenvalue weighted by Gasteiger charge is 2.23. The van der Waals surface area contributed by atoms with Crippen LogP contribution in [-0.4, -0.2) is 40.8 Å². The molecule has 0 aliphatic rings. The molecule has 0 unspecified atom stereocenters. The molecule has 1 heterocycles. The number of aryl methyl sites for hydroxylation is 1. The van der Waals surface area contributed by atoms with Crippen LogP contribution in [0.5, 0.6) is 0 Å². The van der Waals surface area contributed by atoms with Crippen LogP contribution in [0.15, 0.2) is 54.6 Å². The molecular formula is C22H24N4O3. The van der Waals surface area contributed by atoms with E-state index in [2.05, 4.69) is 20.6 Å². The quantitative estimate of drug-likeness (QED) is 0.502. The summed E-state index contributed by atoms with van der Waals surface area (Å²) in [7, 11) is 0. The van der Waals surface area contributed by atoms with E-state index in [-0.39, 0.29) is 25.3 Å². The van der Waals surface area contributed by atoms with Crippen LogP contribution in [-0.2, 0) is 4.74 Å². The zero-order valence-electron chi connectivity index (χ0n) is 16.5. The van der Waals surface area contributed by atoms with Crippen molar-refractivity contribution in [2.24, 2.45) is 0 Å². The van der Waals surface area contributed by atoms with Crippen molar-refractivity contribution >= 4 is 23.3 Å². The first-order chi connectivity index (χ1) is 14.1. The van der Waals surface area contributed by atoms with Gasteiger partial charge in [0, 0.05) is 17.8 Å². The molecule has 3 rings (SSSR count). The van der Waals surface area contributed by atoms with Gasteiger partial charge in [-0.3, -0.25) is 0 Å². The predicted octanol–water partition coefficient (Wildman–Crippen LogP) is 3.78. The molecule has 150 valence electrons. The minimum absolute atomic E-state index is 0.104. The number of benzene rings is 2. The molecule has 29 heavy (non-hydrogen) atoms. The van der Waals surface area contributed by atoms with Crippen LogP contribution in [0.25, 0.3) is 11.4 Å². The Hall–Kier alpha value is -3.45. The van der Waals surface area contributed by atoms with E-state index in [4.69, 9.17) is 4.74 Å². The van der Waals surface area contributed by atoms with Crippen molar-refractivity contribution in [2.45, 2.75) is 13.8 Å². The third-order valence-corrected chi connectivity index (χ3v) is 4.22. The second-order valence-electron chi connectivity index (χ2n) is 6.30. The minimum atomic E-state index is -0.538. The summed E-state index contributed by atoms with van der Waals surface area (Å²) >= 11 is 0. The Labute approximate surface area is 169 Å². The van der Waals surface area contributed by atoms with Crippen LogP contribution in [0.2, 0.25) is 0 Å². The Morgan fingerprint density at radius 2 is 1.72 bits per heavy atom. The van der Waals surface area contributed by atoms with Gasteiger partial charge < -0.3 is 20.5 Å². The lowest BCUT2D eigenvalue weighted by Gasteiger charge is -2.17. The molecule has 0 atom stereocenters. The largest absolute Gasteiger partial charge is 0.462 e. The van der Waals surface area contributed by atoms with Gasteiger partial charge in [-0.25, -0.2) is 14.8 Å². The highest BCUT2D eigenvalue weighted by molar-refractivity contribution is 6.01. The van der Waals surface area contributed by atoms with Gasteiger partial charge in [-0.05, 0) is 25.5 Å². The van der Waals surface area contributed by atoms with E-state index in [0.717, 1.165) is 16.8 Å². The average Bonchev–Trinajstić information content (AvgIpc) is 2.74. The molecule has 1 aromatic heterocycles. The summed E-state index contributed by atoms with van der Waals surface area (Å²) in [6.45, 7) is 4.07. The molecule has 0 fully saturated rings. The molecule has 0 aliphatic heterocycles. The standard InChI is InChI=1S/C22H24N4O3/c1-3-29-22(28)18-20(23-13-14-27)25-19(16-10-5-4-6-11-16)26-21(18)24-17-12-8-7-9-15(17)2/h4-12,27H,3,13-14H2,1-2H3,(H2,23,24,25,26). The molecule has 0 radical (unpaired) electrons. The van der Waals surface area contributed by atoms with Crippen molar-refractivity contribution < 1.29 is 14.6 Å². The van der Waals surface area contributed by atoms with E-state index >= 15 is 0 Å². The molecule has 7 heteroatoms. The number of hydrogen-bond donors (Lipinski definition) is 3. The number of nitrogens with zero attached hydrogens (tertiary/aromatic N) is 2. The molecule has 7 nitrogen and oxygen atoms in total. The van der Waals surface area contributed by atoms with E-state index in [9.17, 15) is 9.90 Å². The maximum absolute atomic E-state index is 12.7. The predicted molar refractivity (Wildman–Crippen MR) is 113 cm³/mol. The van der Waals surface area contributed by atoms with Gasteiger partial charge in [-0.2, -0.15) is 0 Å². The van der Waals surface area contributed by atoms with Crippen LogP contribution < -0.4 is 10.6 Å². The summed E-state index contributed by atoms with van der Waals surface area (Å²) in [5.41, 5.74) is 2.84. The van der Waals surface area contributed by atoms with Gasteiger partial charge in [0.2, 0.25) is 0 Å². The monoisotopic (exact) mass is 392 g/mol. The van der Waals surface area contributed by atoms with Crippen molar-refractivity contribution in [3.63, 3.8) is 0 Å². The summed E-state index contributed by atoms with van der Waals surface area (Å²) in [5.74, 6) is 0.563. The number of rotatable bonds is 8. The number of anilines is 3. The molecule has 0 spiro atoms. The lowest BCUT2D eigenvalue weighted by Crippen LogP contribution is -2.17. The lowest BCUT2D eigenvalue weighted by molar-refractivity contribution is 0.0528. The molecule has 2 aromatic carbocycles. The van der Waals surface area contributed by atoms with Crippen LogP contribution in [0.1, 0.15) is 22.8 Å². The number of ether oxygens (including phenoxy) is 1. The minimum Gasteiger partial charge on any atom is -0.462 e. The maximum Gasteiger partial charge on any atom is 0.345 e. The fraction of sp³-hybridized carbons (Fsp3) is 0.227. The zero-order chi connectivity index (χ0) is 20.6. The van der Waals surface area contributed by atoms with Gasteiger partial charge in [0.1, 0.15) is 11.4 Å². The van der Waals surface area contributed by atoms with Gasteiger partial charge in [0.05, 0.1) is 13.2 Å². The van der Waals surface area contributed by atoms with Gasteiger partial charge in [-0.1, -0.05) is 48.5 Å². The lowest BCUT2D eigenvalue weighted by atomic mass is 10.1. The van der Waals surface area contributed by atoms with Crippen LogP contribution in [0.4, 0.5) is 17.3 Å². The number of aliphatic hydroxyl groups excluding tert-OH is 1. The van der Waals surface area contributed by atoms with Gasteiger partial charge >= 0.3 is 5.97 Å². The van der Waals surface area contributed by atoms with E-state index in [0.29, 0.717) is 17.5 Å². The van der Waals surface area contributed by atoms with Crippen molar-refractivity contribution in [1.29, 1.82) is 0 Å². The number of esters is 1. The average molecular weight is 392 g/mol. The van der Waals surface area contributed by atoms with Crippen molar-refractivity contribution in [1.82, 2.24) is 9.97 Å². The van der Waals surface area contributed by atoms with Crippen LogP contribution in [0.3, 0.4) is 0 Å². The number of aliphatic hydroxyl groups is 1. The second-order valence-corrected chi connectivity index (χ2v) is 6.30. The van der Waals surface area contributed by atoms with Gasteiger partial charge in [-0.15, -0.1) is 0 Å². The third kappa shape index (κ3) is 4.89. The maximum atomic E-state index is 12.7. The Morgan fingerprint density at radius 1 is 1.03 bits per heavy atom. The Bertz CT molecular complexity index is 977. The Balaban J connectivity index is 2.17. The summed E-state index contributed by atoms with van der Waals surface area (Å²) in [4.78, 5) is 21.9. The summed E-state index contributed by atoms with van der Waals surface area (Å²) in [5, 5.41) is 15.5. The first-order valence-electron chi connectivity index (χ1n) is 9.46. The summed E-state index contributed by atoms with van der Waals surface area (Å²) < 4.78 is 5.24. The molecule has 3 N–H and O–H groups in total. The molecule has 0 amide bonds. The fourth-order valence-corrected chi connectivity index (χ4v) is 2.81. The van der Waals surface area contributed by atoms with Crippen molar-refractivity contribution in [2.75, 3.05) is 30.4 Å². The molecule has 0 saturated carbocycles. The van der Waals surface area contributed by atoms with Crippen molar-refractivity contribution in [3.8, 4) is 11.4 Å². The molecule has 0 saturated heterocycles. The summed E-state index contributed by atoms with van der Waals surface area (Å²) in [6.07, 6.45) is 0. The van der Waals surface area contributed by atoms with E-state index in [1.807, 2.05) is 61.5 Å². The van der Waals surface area contributed by atoms with Gasteiger partial charge in [0.25, 0.3) is 0 Å². The smallest absolute Gasteiger partial charge is 0.345 e. The Kier molecular flexibility index (Phi) is 6.76. The number of carbonyl (C=O) groups is 1. The zero-order valence-corrected chi connectivity index (χ0v) is 16.5. The highest BCUT2D eigenvalue weighted by Crippen LogP contribution is 2.30. The first kappa shape index (κ1) is 20.3. The number of para-hydroxylation sites is 1. The van der Waals surface area contributed by atoms with E-state index in [1.165, 1.54) is 0 Å². The number of nitrogens with one attached hydrogen (secondary N) is 2. The van der Waals surface area contributed by atoms with E-state index in [1.54, 1.807) is 6.92 Å². The van der Waals surface area contributed by atoms with Gasteiger partial charge in [0.15, 0.2) is 11.6 Å². The topological polar surface area (TPSA) is 96.4 Å². The summed E-state index contributed by atoms with van der Waals surface area (Å²) in [6, 6.07) is 17.2. The molecular weight excluding hydrogens is 368 g/mol. The third-order valence-electron chi connectivity index (χ3n) is 4.22. The second kappa shape index (κ2) is 9.66. The molecule has 3 aromatic rings. The fourth-order valence-electron chi connectivity index (χ4n) is 2.81. The van der Waals surface area contributed by atoms with Crippen LogP contribution in [0, 0.1) is 6.92 Å². The molecule has 0 bridgehead atoms. The number of carbonyl (C=O) groups excluding carboxylic acids is 1. The van der Waals surface area contributed by atoms with E-state index < -0.39 is 5.97 Å². The number of aromatic nitrogens is 2. The van der Waals surface area contributed by atoms with Crippen LogP contribution >= 0.6 is 0 Å². The SMILES string of the molecule is CCOC(=O)c1c(NCCO)nc(-c2ccccc2)nc1Nc1ccccc1C. The van der Waals surface area contributed by atoms with Crippen molar-refractivity contribution in [3.05, 3.63) is 65.7 Å².